The van der Waals surface area contributed by atoms with E-state index in [9.17, 15) is 19.7 Å². The Morgan fingerprint density at radius 3 is 2.51 bits per heavy atom. The fourth-order valence-electron chi connectivity index (χ4n) is 3.48. The summed E-state index contributed by atoms with van der Waals surface area (Å²) in [6, 6.07) is 11.3. The van der Waals surface area contributed by atoms with Gasteiger partial charge in [-0.15, -0.1) is 10.2 Å². The largest absolute Gasteiger partial charge is 0.342 e. The Hall–Kier alpha value is -3.73. The van der Waals surface area contributed by atoms with Gasteiger partial charge in [0.05, 0.1) is 16.7 Å². The molecule has 0 saturated heterocycles. The maximum atomic E-state index is 12.8. The van der Waals surface area contributed by atoms with Crippen molar-refractivity contribution in [3.8, 4) is 0 Å². The first-order valence-corrected chi connectivity index (χ1v) is 12.0. The van der Waals surface area contributed by atoms with Crippen LogP contribution in [0.5, 0.6) is 0 Å². The number of aryl methyl sites for hydroxylation is 2. The zero-order chi connectivity index (χ0) is 25.7. The van der Waals surface area contributed by atoms with Gasteiger partial charge in [-0.2, -0.15) is 0 Å². The van der Waals surface area contributed by atoms with Crippen LogP contribution in [0.15, 0.2) is 47.6 Å². The number of thioether (sulfide) groups is 1. The Labute approximate surface area is 207 Å². The van der Waals surface area contributed by atoms with Gasteiger partial charge in [-0.1, -0.05) is 43.3 Å². The predicted molar refractivity (Wildman–Crippen MR) is 134 cm³/mol. The summed E-state index contributed by atoms with van der Waals surface area (Å²) in [5, 5.41) is 25.7. The number of carbonyl (C=O) groups is 2. The number of non-ortho nitro benzene ring substituents is 1. The number of nitro groups is 1. The molecular weight excluding hydrogens is 468 g/mol. The van der Waals surface area contributed by atoms with E-state index in [-0.39, 0.29) is 35.2 Å². The maximum Gasteiger partial charge on any atom is 0.269 e. The van der Waals surface area contributed by atoms with Crippen molar-refractivity contribution in [2.24, 2.45) is 13.0 Å². The smallest absolute Gasteiger partial charge is 0.269 e. The number of hydrogen-bond acceptors (Lipinski definition) is 7. The lowest BCUT2D eigenvalue weighted by molar-refractivity contribution is -0.384. The second-order valence-corrected chi connectivity index (χ2v) is 9.50. The molecule has 0 bridgehead atoms. The fourth-order valence-corrected chi connectivity index (χ4v) is 4.20. The Balaban J connectivity index is 1.66. The quantitative estimate of drug-likeness (QED) is 0.258. The first-order chi connectivity index (χ1) is 16.6. The number of benzene rings is 2. The van der Waals surface area contributed by atoms with E-state index in [1.165, 1.54) is 30.0 Å². The van der Waals surface area contributed by atoms with Crippen LogP contribution in [-0.2, 0) is 11.8 Å². The van der Waals surface area contributed by atoms with Gasteiger partial charge in [-0.3, -0.25) is 19.7 Å². The normalized spacial score (nSPS) is 11.8. The van der Waals surface area contributed by atoms with Crippen molar-refractivity contribution >= 4 is 35.0 Å². The molecule has 3 rings (SSSR count). The summed E-state index contributed by atoms with van der Waals surface area (Å²) >= 11 is 1.21. The molecule has 0 unspecified atom stereocenters. The molecule has 0 fully saturated rings. The van der Waals surface area contributed by atoms with Crippen molar-refractivity contribution in [1.29, 1.82) is 0 Å². The van der Waals surface area contributed by atoms with E-state index in [1.807, 2.05) is 39.0 Å². The first-order valence-electron chi connectivity index (χ1n) is 11.0. The second kappa shape index (κ2) is 11.1. The van der Waals surface area contributed by atoms with Gasteiger partial charge in [0.1, 0.15) is 0 Å². The van der Waals surface area contributed by atoms with Crippen LogP contribution in [-0.4, -0.2) is 37.3 Å². The van der Waals surface area contributed by atoms with Crippen molar-refractivity contribution in [1.82, 2.24) is 20.1 Å². The van der Waals surface area contributed by atoms with E-state index in [2.05, 4.69) is 20.8 Å². The summed E-state index contributed by atoms with van der Waals surface area (Å²) in [5.41, 5.74) is 2.65. The van der Waals surface area contributed by atoms with Gasteiger partial charge < -0.3 is 15.2 Å². The van der Waals surface area contributed by atoms with Crippen molar-refractivity contribution in [2.45, 2.75) is 38.9 Å². The molecule has 0 radical (unpaired) electrons. The summed E-state index contributed by atoms with van der Waals surface area (Å²) in [6.07, 6.45) is 0. The number of anilines is 1. The Kier molecular flexibility index (Phi) is 8.23. The lowest BCUT2D eigenvalue weighted by atomic mass is 10.0. The average molecular weight is 497 g/mol. The Bertz CT molecular complexity index is 1260. The number of nitro benzene ring substituents is 1. The molecule has 35 heavy (non-hydrogen) atoms. The topological polar surface area (TPSA) is 132 Å². The molecule has 10 nitrogen and oxygen atoms in total. The third-order valence-electron chi connectivity index (χ3n) is 5.41. The molecule has 1 heterocycles. The summed E-state index contributed by atoms with van der Waals surface area (Å²) < 4.78 is 1.77. The van der Waals surface area contributed by atoms with Crippen LogP contribution in [0.25, 0.3) is 0 Å². The number of nitrogens with one attached hydrogen (secondary N) is 2. The summed E-state index contributed by atoms with van der Waals surface area (Å²) in [6.45, 7) is 7.61. The third kappa shape index (κ3) is 6.44. The maximum absolute atomic E-state index is 12.8. The van der Waals surface area contributed by atoms with Gasteiger partial charge in [-0.25, -0.2) is 0 Å². The van der Waals surface area contributed by atoms with E-state index in [4.69, 9.17) is 0 Å². The molecule has 0 aliphatic heterocycles. The number of carbonyl (C=O) groups excluding carboxylic acids is 2. The van der Waals surface area contributed by atoms with E-state index in [0.717, 1.165) is 5.56 Å². The molecule has 0 aliphatic carbocycles. The molecule has 1 aromatic heterocycles. The average Bonchev–Trinajstić information content (AvgIpc) is 3.16. The molecule has 2 aromatic carbocycles. The molecule has 3 aromatic rings. The molecule has 2 amide bonds. The number of amides is 2. The Morgan fingerprint density at radius 1 is 1.14 bits per heavy atom. The molecule has 11 heteroatoms. The highest BCUT2D eigenvalue weighted by Crippen LogP contribution is 2.25. The van der Waals surface area contributed by atoms with Crippen molar-refractivity contribution in [3.05, 3.63) is 75.1 Å². The number of aromatic nitrogens is 3. The van der Waals surface area contributed by atoms with Gasteiger partial charge in [0.2, 0.25) is 5.91 Å². The Morgan fingerprint density at radius 2 is 1.89 bits per heavy atom. The van der Waals surface area contributed by atoms with Gasteiger partial charge in [0.25, 0.3) is 11.6 Å². The molecule has 1 atom stereocenters. The van der Waals surface area contributed by atoms with Crippen LogP contribution < -0.4 is 10.6 Å². The van der Waals surface area contributed by atoms with Crippen LogP contribution in [0.1, 0.15) is 47.2 Å². The summed E-state index contributed by atoms with van der Waals surface area (Å²) in [5.74, 6) is 0.255. The van der Waals surface area contributed by atoms with Crippen LogP contribution in [0, 0.1) is 29.9 Å². The van der Waals surface area contributed by atoms with E-state index >= 15 is 0 Å². The zero-order valence-corrected chi connectivity index (χ0v) is 21.0. The van der Waals surface area contributed by atoms with Crippen molar-refractivity contribution in [3.63, 3.8) is 0 Å². The highest BCUT2D eigenvalue weighted by atomic mass is 32.2. The van der Waals surface area contributed by atoms with Gasteiger partial charge >= 0.3 is 0 Å². The van der Waals surface area contributed by atoms with Crippen LogP contribution >= 0.6 is 11.8 Å². The van der Waals surface area contributed by atoms with E-state index in [0.29, 0.717) is 27.8 Å². The molecule has 0 saturated carbocycles. The monoisotopic (exact) mass is 496 g/mol. The minimum atomic E-state index is -0.478. The minimum absolute atomic E-state index is 0.0318. The molecular formula is C24H28N6O4S. The van der Waals surface area contributed by atoms with E-state index < -0.39 is 4.92 Å². The van der Waals surface area contributed by atoms with Crippen LogP contribution in [0.2, 0.25) is 0 Å². The summed E-state index contributed by atoms with van der Waals surface area (Å²) in [7, 11) is 1.80. The molecule has 184 valence electrons. The standard InChI is InChI=1S/C24H28N6O4S/c1-14(2)21(26-23(32)17-8-6-7-15(3)11-17)22-27-28-24(29(22)5)35-13-20(31)25-19-10-9-18(30(33)34)12-16(19)4/h6-12,14,21H,13H2,1-5H3,(H,25,31)(H,26,32)/t21-/m1/s1. The molecule has 2 N–H and O–H groups in total. The van der Waals surface area contributed by atoms with Crippen LogP contribution in [0.4, 0.5) is 11.4 Å². The minimum Gasteiger partial charge on any atom is -0.342 e. The number of nitrogens with zero attached hydrogens (tertiary/aromatic N) is 4. The van der Waals surface area contributed by atoms with Crippen molar-refractivity contribution < 1.29 is 14.5 Å². The SMILES string of the molecule is Cc1cccc(C(=O)N[C@@H](c2nnc(SCC(=O)Nc3ccc([N+](=O)[O-])cc3C)n2C)C(C)C)c1. The number of hydrogen-bond donors (Lipinski definition) is 2. The van der Waals surface area contributed by atoms with Crippen LogP contribution in [0.3, 0.4) is 0 Å². The summed E-state index contributed by atoms with van der Waals surface area (Å²) in [4.78, 5) is 35.7. The predicted octanol–water partition coefficient (Wildman–Crippen LogP) is 4.20. The van der Waals surface area contributed by atoms with Gasteiger partial charge in [-0.05, 0) is 43.5 Å². The lowest BCUT2D eigenvalue weighted by Gasteiger charge is -2.21. The zero-order valence-electron chi connectivity index (χ0n) is 20.2. The molecule has 0 aliphatic rings. The van der Waals surface area contributed by atoms with E-state index in [1.54, 1.807) is 24.6 Å². The van der Waals surface area contributed by atoms with Crippen molar-refractivity contribution in [2.75, 3.05) is 11.1 Å². The highest BCUT2D eigenvalue weighted by molar-refractivity contribution is 7.99. The molecule has 0 spiro atoms. The second-order valence-electron chi connectivity index (χ2n) is 8.56. The highest BCUT2D eigenvalue weighted by Gasteiger charge is 2.25. The van der Waals surface area contributed by atoms with Gasteiger partial charge in [0.15, 0.2) is 11.0 Å². The van der Waals surface area contributed by atoms with Gasteiger partial charge in [0, 0.05) is 30.4 Å². The number of rotatable bonds is 9. The third-order valence-corrected chi connectivity index (χ3v) is 6.43. The first kappa shape index (κ1) is 25.9. The lowest BCUT2D eigenvalue weighted by Crippen LogP contribution is -2.33. The fraction of sp³-hybridized carbons (Fsp3) is 0.333.